The molecular weight excluding hydrogens is 218 g/mol. The molecule has 2 aromatic rings. The zero-order valence-electron chi connectivity index (χ0n) is 10.1. The second kappa shape index (κ2) is 4.67. The molecule has 0 radical (unpaired) electrons. The number of aromatic nitrogens is 4. The van der Waals surface area contributed by atoms with Gasteiger partial charge in [0, 0.05) is 24.2 Å². The Balaban J connectivity index is 2.32. The van der Waals surface area contributed by atoms with Gasteiger partial charge in [-0.3, -0.25) is 9.89 Å². The molecule has 0 aliphatic rings. The fourth-order valence-electron chi connectivity index (χ4n) is 1.85. The Morgan fingerprint density at radius 1 is 1.53 bits per heavy atom. The van der Waals surface area contributed by atoms with Crippen LogP contribution < -0.4 is 11.3 Å². The summed E-state index contributed by atoms with van der Waals surface area (Å²) in [6, 6.07) is 1.54. The lowest BCUT2D eigenvalue weighted by Crippen LogP contribution is -2.23. The van der Waals surface area contributed by atoms with Gasteiger partial charge in [0.15, 0.2) is 0 Å². The third-order valence-corrected chi connectivity index (χ3v) is 2.62. The summed E-state index contributed by atoms with van der Waals surface area (Å²) >= 11 is 0. The van der Waals surface area contributed by atoms with Gasteiger partial charge in [-0.25, -0.2) is 4.98 Å². The molecule has 0 saturated carbocycles. The second-order valence-corrected chi connectivity index (χ2v) is 4.29. The second-order valence-electron chi connectivity index (χ2n) is 4.29. The van der Waals surface area contributed by atoms with Gasteiger partial charge in [-0.15, -0.1) is 0 Å². The number of hydrogen-bond donors (Lipinski definition) is 2. The molecule has 17 heavy (non-hydrogen) atoms. The van der Waals surface area contributed by atoms with Crippen molar-refractivity contribution in [2.45, 2.75) is 39.2 Å². The van der Waals surface area contributed by atoms with Crippen LogP contribution >= 0.6 is 0 Å². The van der Waals surface area contributed by atoms with Crippen molar-refractivity contribution in [3.05, 3.63) is 27.9 Å². The van der Waals surface area contributed by atoms with Crippen molar-refractivity contribution in [1.82, 2.24) is 19.6 Å². The van der Waals surface area contributed by atoms with Gasteiger partial charge >= 0.3 is 0 Å². The molecule has 0 amide bonds. The summed E-state index contributed by atoms with van der Waals surface area (Å²) in [6.07, 6.45) is 2.62. The number of H-pyrrole nitrogens is 1. The summed E-state index contributed by atoms with van der Waals surface area (Å²) in [6.45, 7) is 3.87. The Kier molecular flexibility index (Phi) is 3.23. The van der Waals surface area contributed by atoms with Gasteiger partial charge in [-0.1, -0.05) is 13.3 Å². The molecule has 1 atom stereocenters. The monoisotopic (exact) mass is 235 g/mol. The first kappa shape index (κ1) is 11.8. The molecule has 0 spiro atoms. The summed E-state index contributed by atoms with van der Waals surface area (Å²) < 4.78 is 1.35. The highest BCUT2D eigenvalue weighted by atomic mass is 16.1. The molecule has 0 bridgehead atoms. The number of rotatable bonds is 4. The molecule has 2 aromatic heterocycles. The molecule has 1 unspecified atom stereocenters. The van der Waals surface area contributed by atoms with Crippen molar-refractivity contribution in [3.63, 3.8) is 0 Å². The van der Waals surface area contributed by atoms with Crippen molar-refractivity contribution >= 4 is 5.78 Å². The van der Waals surface area contributed by atoms with Crippen molar-refractivity contribution < 1.29 is 0 Å². The van der Waals surface area contributed by atoms with E-state index in [4.69, 9.17) is 5.73 Å². The molecule has 2 rings (SSSR count). The van der Waals surface area contributed by atoms with E-state index in [9.17, 15) is 4.79 Å². The van der Waals surface area contributed by atoms with E-state index in [1.807, 2.05) is 0 Å². The van der Waals surface area contributed by atoms with Crippen molar-refractivity contribution in [2.24, 2.45) is 5.73 Å². The molecule has 0 aliphatic heterocycles. The fraction of sp³-hybridized carbons (Fsp3) is 0.545. The zero-order chi connectivity index (χ0) is 12.4. The number of nitrogens with one attached hydrogen (secondary N) is 1. The van der Waals surface area contributed by atoms with E-state index in [1.54, 1.807) is 6.92 Å². The van der Waals surface area contributed by atoms with Crippen LogP contribution in [0.4, 0.5) is 0 Å². The highest BCUT2D eigenvalue weighted by molar-refractivity contribution is 5.27. The number of aromatic amines is 1. The van der Waals surface area contributed by atoms with E-state index in [0.29, 0.717) is 23.7 Å². The van der Waals surface area contributed by atoms with E-state index < -0.39 is 0 Å². The summed E-state index contributed by atoms with van der Waals surface area (Å²) in [7, 11) is 0. The first-order valence-electron chi connectivity index (χ1n) is 5.81. The summed E-state index contributed by atoms with van der Waals surface area (Å²) in [5.74, 6) is 1.12. The quantitative estimate of drug-likeness (QED) is 0.802. The number of fused-ring (bicyclic) bond motifs is 1. The normalized spacial score (nSPS) is 13.1. The minimum absolute atomic E-state index is 0.0670. The lowest BCUT2D eigenvalue weighted by molar-refractivity contribution is 0.584. The Labute approximate surface area is 98.9 Å². The maximum Gasteiger partial charge on any atom is 0.274 e. The first-order valence-corrected chi connectivity index (χ1v) is 5.81. The lowest BCUT2D eigenvalue weighted by Gasteiger charge is -2.06. The summed E-state index contributed by atoms with van der Waals surface area (Å²) in [5, 5.41) is 2.93. The predicted molar refractivity (Wildman–Crippen MR) is 64.9 cm³/mol. The van der Waals surface area contributed by atoms with E-state index >= 15 is 0 Å². The van der Waals surface area contributed by atoms with Crippen LogP contribution in [0.25, 0.3) is 5.78 Å². The zero-order valence-corrected chi connectivity index (χ0v) is 10.1. The van der Waals surface area contributed by atoms with Gasteiger partial charge in [0.2, 0.25) is 0 Å². The van der Waals surface area contributed by atoms with Crippen LogP contribution in [0.2, 0.25) is 0 Å². The third kappa shape index (κ3) is 2.52. The number of nitrogens with two attached hydrogens (primary N) is 1. The van der Waals surface area contributed by atoms with Crippen LogP contribution in [0.15, 0.2) is 10.9 Å². The standard InChI is InChI=1S/C11H17N5O/c1-3-4-8(12)6-9-14-11-13-7(2)5-10(17)16(11)15-9/h5,8H,3-4,6,12H2,1-2H3,(H,13,14,15). The number of aryl methyl sites for hydroxylation is 1. The Morgan fingerprint density at radius 2 is 2.29 bits per heavy atom. The van der Waals surface area contributed by atoms with E-state index in [-0.39, 0.29) is 11.6 Å². The molecule has 6 heteroatoms. The van der Waals surface area contributed by atoms with Crippen LogP contribution in [0, 0.1) is 6.92 Å². The van der Waals surface area contributed by atoms with Crippen LogP contribution in [0.5, 0.6) is 0 Å². The average molecular weight is 235 g/mol. The molecule has 0 saturated heterocycles. The molecule has 0 fully saturated rings. The SMILES string of the molecule is CCCC(N)Cc1nc2nc(C)cc(=O)n2[nH]1. The van der Waals surface area contributed by atoms with Crippen LogP contribution in [0.3, 0.4) is 0 Å². The van der Waals surface area contributed by atoms with Crippen LogP contribution in [0.1, 0.15) is 31.3 Å². The van der Waals surface area contributed by atoms with Gasteiger partial charge in [-0.05, 0) is 13.3 Å². The lowest BCUT2D eigenvalue weighted by atomic mass is 10.1. The van der Waals surface area contributed by atoms with Crippen molar-refractivity contribution in [1.29, 1.82) is 0 Å². The highest BCUT2D eigenvalue weighted by Gasteiger charge is 2.09. The summed E-state index contributed by atoms with van der Waals surface area (Å²) in [5.41, 5.74) is 6.47. The maximum absolute atomic E-state index is 11.6. The Morgan fingerprint density at radius 3 is 3.00 bits per heavy atom. The minimum Gasteiger partial charge on any atom is -0.327 e. The largest absolute Gasteiger partial charge is 0.327 e. The molecule has 0 aliphatic carbocycles. The topological polar surface area (TPSA) is 89.1 Å². The smallest absolute Gasteiger partial charge is 0.274 e. The number of hydrogen-bond acceptors (Lipinski definition) is 4. The van der Waals surface area contributed by atoms with Crippen LogP contribution in [-0.2, 0) is 6.42 Å². The first-order chi connectivity index (χ1) is 8.10. The van der Waals surface area contributed by atoms with Gasteiger partial charge in [-0.2, -0.15) is 9.50 Å². The fourth-order valence-corrected chi connectivity index (χ4v) is 1.85. The minimum atomic E-state index is -0.143. The molecule has 92 valence electrons. The van der Waals surface area contributed by atoms with Crippen molar-refractivity contribution in [2.75, 3.05) is 0 Å². The van der Waals surface area contributed by atoms with E-state index in [0.717, 1.165) is 12.8 Å². The highest BCUT2D eigenvalue weighted by Crippen LogP contribution is 2.02. The predicted octanol–water partition coefficient (Wildman–Crippen LogP) is 0.396. The van der Waals surface area contributed by atoms with Crippen LogP contribution in [-0.4, -0.2) is 25.6 Å². The Bertz CT molecular complexity index is 571. The average Bonchev–Trinajstić information content (AvgIpc) is 2.60. The Hall–Kier alpha value is -1.69. The molecule has 0 aromatic carbocycles. The van der Waals surface area contributed by atoms with E-state index in [1.165, 1.54) is 10.6 Å². The van der Waals surface area contributed by atoms with Gasteiger partial charge in [0.05, 0.1) is 0 Å². The summed E-state index contributed by atoms with van der Waals surface area (Å²) in [4.78, 5) is 20.1. The third-order valence-electron chi connectivity index (χ3n) is 2.62. The number of nitrogens with zero attached hydrogens (tertiary/aromatic N) is 3. The molecule has 3 N–H and O–H groups in total. The molecular formula is C11H17N5O. The van der Waals surface area contributed by atoms with E-state index in [2.05, 4.69) is 22.0 Å². The van der Waals surface area contributed by atoms with Gasteiger partial charge in [0.1, 0.15) is 5.82 Å². The van der Waals surface area contributed by atoms with Crippen molar-refractivity contribution in [3.8, 4) is 0 Å². The van der Waals surface area contributed by atoms with Gasteiger partial charge in [0.25, 0.3) is 11.3 Å². The van der Waals surface area contributed by atoms with Gasteiger partial charge < -0.3 is 5.73 Å². The maximum atomic E-state index is 11.6. The molecule has 6 nitrogen and oxygen atoms in total. The molecule has 2 heterocycles.